The monoisotopic (exact) mass is 260 g/mol. The Bertz CT molecular complexity index is 511. The predicted molar refractivity (Wildman–Crippen MR) is 64.7 cm³/mol. The number of imide groups is 1. The number of carbonyl (C=O) groups excluding carboxylic acids is 3. The van der Waals surface area contributed by atoms with Crippen LogP contribution in [0.1, 0.15) is 24.8 Å². The molecular formula is C14H14NO4-. The molecule has 5 heteroatoms. The molecule has 1 aromatic rings. The van der Waals surface area contributed by atoms with Crippen molar-refractivity contribution in [3.05, 3.63) is 35.9 Å². The van der Waals surface area contributed by atoms with Crippen LogP contribution in [0, 0.1) is 5.92 Å². The second kappa shape index (κ2) is 5.22. The lowest BCUT2D eigenvalue weighted by Gasteiger charge is -2.19. The highest BCUT2D eigenvalue weighted by Gasteiger charge is 2.41. The lowest BCUT2D eigenvalue weighted by atomic mass is 9.86. The minimum absolute atomic E-state index is 0.0577. The Morgan fingerprint density at radius 2 is 2.00 bits per heavy atom. The first-order chi connectivity index (χ1) is 9.00. The molecule has 1 aliphatic rings. The first-order valence-corrected chi connectivity index (χ1v) is 6.09. The van der Waals surface area contributed by atoms with Crippen molar-refractivity contribution >= 4 is 17.8 Å². The summed E-state index contributed by atoms with van der Waals surface area (Å²) in [5.41, 5.74) is 0.962. The summed E-state index contributed by atoms with van der Waals surface area (Å²) in [6.45, 7) is 1.21. The van der Waals surface area contributed by atoms with Crippen molar-refractivity contribution in [2.75, 3.05) is 6.54 Å². The minimum atomic E-state index is -1.42. The number of carboxylic acids is 1. The van der Waals surface area contributed by atoms with Gasteiger partial charge in [-0.25, -0.2) is 0 Å². The van der Waals surface area contributed by atoms with Crippen LogP contribution < -0.4 is 5.11 Å². The first kappa shape index (κ1) is 13.3. The van der Waals surface area contributed by atoms with E-state index in [4.69, 9.17) is 0 Å². The van der Waals surface area contributed by atoms with Crippen LogP contribution in [0.3, 0.4) is 0 Å². The van der Waals surface area contributed by atoms with E-state index in [2.05, 4.69) is 0 Å². The molecule has 1 saturated heterocycles. The Hall–Kier alpha value is -2.17. The smallest absolute Gasteiger partial charge is 0.233 e. The molecular weight excluding hydrogens is 246 g/mol. The van der Waals surface area contributed by atoms with Crippen LogP contribution in [0.4, 0.5) is 0 Å². The van der Waals surface area contributed by atoms with E-state index < -0.39 is 30.2 Å². The maximum absolute atomic E-state index is 12.1. The summed E-state index contributed by atoms with van der Waals surface area (Å²) in [7, 11) is 0. The van der Waals surface area contributed by atoms with E-state index in [1.807, 2.05) is 37.3 Å². The van der Waals surface area contributed by atoms with Crippen molar-refractivity contribution in [2.24, 2.45) is 5.92 Å². The summed E-state index contributed by atoms with van der Waals surface area (Å²) in [5.74, 6) is -2.90. The second-order valence-electron chi connectivity index (χ2n) is 4.70. The summed E-state index contributed by atoms with van der Waals surface area (Å²) in [6, 6.07) is 9.39. The SMILES string of the molecule is C[C@@H](c1ccccc1)[C@@H]1CC(=O)N(CC(=O)[O-])C1=O. The summed E-state index contributed by atoms with van der Waals surface area (Å²) >= 11 is 0. The second-order valence-corrected chi connectivity index (χ2v) is 4.70. The molecule has 0 N–H and O–H groups in total. The van der Waals surface area contributed by atoms with Crippen molar-refractivity contribution in [3.63, 3.8) is 0 Å². The number of carboxylic acid groups (broad SMARTS) is 1. The lowest BCUT2D eigenvalue weighted by molar-refractivity contribution is -0.305. The number of amides is 2. The van der Waals surface area contributed by atoms with Crippen molar-refractivity contribution in [2.45, 2.75) is 19.3 Å². The third-order valence-corrected chi connectivity index (χ3v) is 3.49. The average molecular weight is 260 g/mol. The fourth-order valence-corrected chi connectivity index (χ4v) is 2.38. The molecule has 0 saturated carbocycles. The van der Waals surface area contributed by atoms with Crippen LogP contribution in [-0.2, 0) is 14.4 Å². The highest BCUT2D eigenvalue weighted by Crippen LogP contribution is 2.33. The fraction of sp³-hybridized carbons (Fsp3) is 0.357. The minimum Gasteiger partial charge on any atom is -0.548 e. The van der Waals surface area contributed by atoms with Crippen molar-refractivity contribution in [1.82, 2.24) is 4.90 Å². The van der Waals surface area contributed by atoms with Crippen LogP contribution in [0.25, 0.3) is 0 Å². The fourth-order valence-electron chi connectivity index (χ4n) is 2.38. The van der Waals surface area contributed by atoms with Gasteiger partial charge >= 0.3 is 0 Å². The number of benzene rings is 1. The van der Waals surface area contributed by atoms with Gasteiger partial charge in [0.2, 0.25) is 11.8 Å². The molecule has 100 valence electrons. The molecule has 1 fully saturated rings. The Morgan fingerprint density at radius 3 is 2.58 bits per heavy atom. The van der Waals surface area contributed by atoms with E-state index in [0.29, 0.717) is 0 Å². The van der Waals surface area contributed by atoms with Crippen LogP contribution >= 0.6 is 0 Å². The number of likely N-dealkylation sites (tertiary alicyclic amines) is 1. The molecule has 2 atom stereocenters. The number of carbonyl (C=O) groups is 3. The van der Waals surface area contributed by atoms with E-state index in [1.54, 1.807) is 0 Å². The molecule has 1 heterocycles. The summed E-state index contributed by atoms with van der Waals surface area (Å²) in [6.07, 6.45) is 0.0577. The van der Waals surface area contributed by atoms with Crippen molar-refractivity contribution in [1.29, 1.82) is 0 Å². The molecule has 1 aliphatic heterocycles. The normalized spacial score (nSPS) is 20.7. The molecule has 5 nitrogen and oxygen atoms in total. The zero-order valence-electron chi connectivity index (χ0n) is 10.5. The van der Waals surface area contributed by atoms with E-state index >= 15 is 0 Å². The molecule has 1 aromatic carbocycles. The largest absolute Gasteiger partial charge is 0.548 e. The molecule has 19 heavy (non-hydrogen) atoms. The molecule has 0 spiro atoms. The van der Waals surface area contributed by atoms with Gasteiger partial charge < -0.3 is 9.90 Å². The highest BCUT2D eigenvalue weighted by molar-refractivity contribution is 6.05. The predicted octanol–water partition coefficient (Wildman–Crippen LogP) is -0.0849. The summed E-state index contributed by atoms with van der Waals surface area (Å²) in [4.78, 5) is 35.1. The third-order valence-electron chi connectivity index (χ3n) is 3.49. The van der Waals surface area contributed by atoms with Gasteiger partial charge in [0.15, 0.2) is 0 Å². The molecule has 2 rings (SSSR count). The average Bonchev–Trinajstić information content (AvgIpc) is 2.66. The number of aliphatic carboxylic acids is 1. The molecule has 2 amide bonds. The molecule has 0 bridgehead atoms. The van der Waals surface area contributed by atoms with E-state index in [1.165, 1.54) is 0 Å². The van der Waals surface area contributed by atoms with Gasteiger partial charge in [0.25, 0.3) is 0 Å². The van der Waals surface area contributed by atoms with Crippen LogP contribution in [-0.4, -0.2) is 29.2 Å². The molecule has 0 aromatic heterocycles. The topological polar surface area (TPSA) is 77.5 Å². The number of hydrogen-bond donors (Lipinski definition) is 0. The quantitative estimate of drug-likeness (QED) is 0.709. The highest BCUT2D eigenvalue weighted by atomic mass is 16.4. The molecule has 0 radical (unpaired) electrons. The van der Waals surface area contributed by atoms with Gasteiger partial charge in [0.05, 0.1) is 18.4 Å². The number of nitrogens with zero attached hydrogens (tertiary/aromatic N) is 1. The van der Waals surface area contributed by atoms with E-state index in [-0.39, 0.29) is 12.3 Å². The summed E-state index contributed by atoms with van der Waals surface area (Å²) < 4.78 is 0. The van der Waals surface area contributed by atoms with Gasteiger partial charge in [-0.05, 0) is 11.5 Å². The van der Waals surface area contributed by atoms with Gasteiger partial charge in [-0.3, -0.25) is 14.5 Å². The Kier molecular flexibility index (Phi) is 3.64. The molecule has 0 aliphatic carbocycles. The van der Waals surface area contributed by atoms with Gasteiger partial charge in [-0.1, -0.05) is 37.3 Å². The maximum atomic E-state index is 12.1. The van der Waals surface area contributed by atoms with Crippen molar-refractivity contribution in [3.8, 4) is 0 Å². The Labute approximate surface area is 110 Å². The van der Waals surface area contributed by atoms with Crippen molar-refractivity contribution < 1.29 is 19.5 Å². The van der Waals surface area contributed by atoms with Gasteiger partial charge in [-0.15, -0.1) is 0 Å². The van der Waals surface area contributed by atoms with Gasteiger partial charge in [0, 0.05) is 6.42 Å². The van der Waals surface area contributed by atoms with Crippen LogP contribution in [0.5, 0.6) is 0 Å². The zero-order valence-corrected chi connectivity index (χ0v) is 10.5. The Balaban J connectivity index is 2.17. The zero-order chi connectivity index (χ0) is 14.0. The summed E-state index contributed by atoms with van der Waals surface area (Å²) in [5, 5.41) is 10.5. The molecule has 0 unspecified atom stereocenters. The third kappa shape index (κ3) is 2.65. The number of hydrogen-bond acceptors (Lipinski definition) is 4. The van der Waals surface area contributed by atoms with Crippen LogP contribution in [0.15, 0.2) is 30.3 Å². The standard InChI is InChI=1S/C14H15NO4/c1-9(10-5-3-2-4-6-10)11-7-12(16)15(14(11)19)8-13(17)18/h2-6,9,11H,7-8H2,1H3,(H,17,18)/p-1/t9-,11-/m0/s1. The maximum Gasteiger partial charge on any atom is 0.233 e. The number of rotatable bonds is 4. The van der Waals surface area contributed by atoms with E-state index in [0.717, 1.165) is 10.5 Å². The lowest BCUT2D eigenvalue weighted by Crippen LogP contribution is -2.41. The first-order valence-electron chi connectivity index (χ1n) is 6.09. The Morgan fingerprint density at radius 1 is 1.37 bits per heavy atom. The van der Waals surface area contributed by atoms with Gasteiger partial charge in [-0.2, -0.15) is 0 Å². The van der Waals surface area contributed by atoms with Gasteiger partial charge in [0.1, 0.15) is 0 Å². The van der Waals surface area contributed by atoms with E-state index in [9.17, 15) is 19.5 Å². The van der Waals surface area contributed by atoms with Crippen LogP contribution in [0.2, 0.25) is 0 Å².